The largest absolute Gasteiger partial charge is 0.391 e. The Morgan fingerprint density at radius 1 is 1.53 bits per heavy atom. The Hall–Kier alpha value is -0.120. The van der Waals surface area contributed by atoms with Crippen LogP contribution in [0.25, 0.3) is 0 Å². The highest BCUT2D eigenvalue weighted by molar-refractivity contribution is 5.20. The highest BCUT2D eigenvalue weighted by atomic mass is 16.5. The molecule has 3 fully saturated rings. The Kier molecular flexibility index (Phi) is 2.14. The molecule has 2 saturated heterocycles. The smallest absolute Gasteiger partial charge is 0.0779 e. The highest BCUT2D eigenvalue weighted by Crippen LogP contribution is 2.73. The van der Waals surface area contributed by atoms with Crippen molar-refractivity contribution >= 4 is 0 Å². The minimum absolute atomic E-state index is 0.241. The third-order valence-corrected chi connectivity index (χ3v) is 5.07. The van der Waals surface area contributed by atoms with Crippen molar-refractivity contribution in [2.75, 3.05) is 19.7 Å². The summed E-state index contributed by atoms with van der Waals surface area (Å²) in [5, 5.41) is 13.3. The molecule has 86 valence electrons. The van der Waals surface area contributed by atoms with Gasteiger partial charge in [-0.25, -0.2) is 0 Å². The maximum atomic E-state index is 9.88. The zero-order chi connectivity index (χ0) is 10.5. The van der Waals surface area contributed by atoms with Gasteiger partial charge in [-0.15, -0.1) is 0 Å². The first-order valence-corrected chi connectivity index (χ1v) is 6.23. The van der Waals surface area contributed by atoms with Gasteiger partial charge in [0.05, 0.1) is 18.8 Å². The van der Waals surface area contributed by atoms with Crippen LogP contribution in [0.3, 0.4) is 0 Å². The van der Waals surface area contributed by atoms with Gasteiger partial charge in [0.15, 0.2) is 0 Å². The third kappa shape index (κ3) is 1.23. The van der Waals surface area contributed by atoms with Gasteiger partial charge in [-0.1, -0.05) is 6.92 Å². The summed E-state index contributed by atoms with van der Waals surface area (Å²) in [6.07, 6.45) is 4.78. The molecule has 1 saturated carbocycles. The van der Waals surface area contributed by atoms with Crippen molar-refractivity contribution in [3.05, 3.63) is 0 Å². The minimum atomic E-state index is -0.241. The molecular weight excluding hydrogens is 190 g/mol. The van der Waals surface area contributed by atoms with E-state index in [2.05, 4.69) is 12.2 Å². The summed E-state index contributed by atoms with van der Waals surface area (Å²) in [6, 6.07) is 0. The maximum absolute atomic E-state index is 9.88. The highest BCUT2D eigenvalue weighted by Gasteiger charge is 2.70. The lowest BCUT2D eigenvalue weighted by Crippen LogP contribution is -2.45. The van der Waals surface area contributed by atoms with Crippen molar-refractivity contribution in [2.45, 2.75) is 44.8 Å². The first-order valence-electron chi connectivity index (χ1n) is 6.23. The summed E-state index contributed by atoms with van der Waals surface area (Å²) in [5.41, 5.74) is 0.806. The Balaban J connectivity index is 1.90. The summed E-state index contributed by atoms with van der Waals surface area (Å²) >= 11 is 0. The molecule has 3 unspecified atom stereocenters. The van der Waals surface area contributed by atoms with E-state index in [-0.39, 0.29) is 6.10 Å². The average Bonchev–Trinajstić information content (AvgIpc) is 2.86. The molecule has 3 rings (SSSR count). The summed E-state index contributed by atoms with van der Waals surface area (Å²) < 4.78 is 5.88. The number of aliphatic hydroxyl groups is 1. The van der Waals surface area contributed by atoms with Gasteiger partial charge in [-0.05, 0) is 37.6 Å². The minimum Gasteiger partial charge on any atom is -0.391 e. The molecule has 0 aromatic carbocycles. The van der Waals surface area contributed by atoms with E-state index in [4.69, 9.17) is 4.74 Å². The van der Waals surface area contributed by atoms with E-state index < -0.39 is 0 Å². The normalized spacial score (nSPS) is 54.0. The predicted molar refractivity (Wildman–Crippen MR) is 57.6 cm³/mol. The number of piperidine rings is 1. The summed E-state index contributed by atoms with van der Waals surface area (Å²) in [7, 11) is 0. The van der Waals surface area contributed by atoms with E-state index in [1.807, 2.05) is 0 Å². The van der Waals surface area contributed by atoms with Gasteiger partial charge in [-0.3, -0.25) is 0 Å². The lowest BCUT2D eigenvalue weighted by atomic mass is 9.79. The van der Waals surface area contributed by atoms with E-state index in [9.17, 15) is 5.11 Å². The number of aliphatic hydroxyl groups excluding tert-OH is 1. The molecule has 4 atom stereocenters. The van der Waals surface area contributed by atoms with Gasteiger partial charge >= 0.3 is 0 Å². The quantitative estimate of drug-likeness (QED) is 0.677. The number of rotatable bonds is 1. The van der Waals surface area contributed by atoms with Crippen LogP contribution in [0, 0.1) is 10.8 Å². The Labute approximate surface area is 91.2 Å². The van der Waals surface area contributed by atoms with Gasteiger partial charge in [0.25, 0.3) is 0 Å². The lowest BCUT2D eigenvalue weighted by molar-refractivity contribution is -0.0376. The van der Waals surface area contributed by atoms with Gasteiger partial charge in [0.1, 0.15) is 0 Å². The lowest BCUT2D eigenvalue weighted by Gasteiger charge is -2.34. The number of hydrogen-bond donors (Lipinski definition) is 2. The van der Waals surface area contributed by atoms with E-state index in [1.165, 1.54) is 19.3 Å². The Morgan fingerprint density at radius 3 is 3.20 bits per heavy atom. The number of nitrogens with one attached hydrogen (secondary N) is 1. The fraction of sp³-hybridized carbons (Fsp3) is 1.00. The Bertz CT molecular complexity index is 270. The van der Waals surface area contributed by atoms with Crippen LogP contribution in [-0.4, -0.2) is 37.0 Å². The molecule has 2 heterocycles. The monoisotopic (exact) mass is 211 g/mol. The van der Waals surface area contributed by atoms with Crippen molar-refractivity contribution in [1.82, 2.24) is 5.32 Å². The molecule has 0 bridgehead atoms. The fourth-order valence-corrected chi connectivity index (χ4v) is 4.12. The van der Waals surface area contributed by atoms with E-state index in [0.717, 1.165) is 19.5 Å². The molecule has 3 heteroatoms. The second-order valence-corrected chi connectivity index (χ2v) is 5.60. The molecule has 1 aliphatic carbocycles. The molecule has 3 aliphatic rings. The fourth-order valence-electron chi connectivity index (χ4n) is 4.12. The molecule has 1 spiro atoms. The van der Waals surface area contributed by atoms with Crippen LogP contribution in [-0.2, 0) is 4.74 Å². The van der Waals surface area contributed by atoms with Crippen molar-refractivity contribution in [1.29, 1.82) is 0 Å². The second-order valence-electron chi connectivity index (χ2n) is 5.60. The number of ether oxygens (including phenoxy) is 1. The zero-order valence-corrected chi connectivity index (χ0v) is 9.46. The molecule has 0 amide bonds. The van der Waals surface area contributed by atoms with Crippen LogP contribution >= 0.6 is 0 Å². The molecule has 3 nitrogen and oxygen atoms in total. The standard InChI is InChI=1S/C12H21NO2/c1-2-11-5-9(14)7-15-10-6-13-4-3-12(10,11)8-11/h9-10,13-14H,2-8H2,1H3/t9?,10-,11?,12?/m1/s1. The number of hydrogen-bond acceptors (Lipinski definition) is 3. The summed E-state index contributed by atoms with van der Waals surface area (Å²) in [6.45, 7) is 4.91. The van der Waals surface area contributed by atoms with Crippen molar-refractivity contribution < 1.29 is 9.84 Å². The van der Waals surface area contributed by atoms with Gasteiger partial charge in [0, 0.05) is 12.0 Å². The molecule has 0 radical (unpaired) electrons. The van der Waals surface area contributed by atoms with Crippen molar-refractivity contribution in [3.8, 4) is 0 Å². The van der Waals surface area contributed by atoms with Crippen LogP contribution < -0.4 is 5.32 Å². The maximum Gasteiger partial charge on any atom is 0.0779 e. The zero-order valence-electron chi connectivity index (χ0n) is 9.46. The van der Waals surface area contributed by atoms with E-state index in [0.29, 0.717) is 23.5 Å². The van der Waals surface area contributed by atoms with E-state index in [1.54, 1.807) is 0 Å². The molecular formula is C12H21NO2. The first-order chi connectivity index (χ1) is 7.22. The van der Waals surface area contributed by atoms with Crippen LogP contribution in [0.15, 0.2) is 0 Å². The van der Waals surface area contributed by atoms with Gasteiger partial charge in [0.2, 0.25) is 0 Å². The first kappa shape index (κ1) is 10.1. The summed E-state index contributed by atoms with van der Waals surface area (Å²) in [4.78, 5) is 0. The van der Waals surface area contributed by atoms with Crippen LogP contribution in [0.1, 0.15) is 32.6 Å². The topological polar surface area (TPSA) is 41.5 Å². The van der Waals surface area contributed by atoms with Crippen LogP contribution in [0.4, 0.5) is 0 Å². The molecule has 2 aliphatic heterocycles. The van der Waals surface area contributed by atoms with Crippen molar-refractivity contribution in [3.63, 3.8) is 0 Å². The van der Waals surface area contributed by atoms with Gasteiger partial charge in [-0.2, -0.15) is 0 Å². The predicted octanol–water partition coefficient (Wildman–Crippen LogP) is 0.916. The van der Waals surface area contributed by atoms with E-state index >= 15 is 0 Å². The SMILES string of the molecule is CCC12CC(O)CO[C@@H]3CNCCC31C2. The molecule has 15 heavy (non-hydrogen) atoms. The molecule has 0 aromatic rings. The summed E-state index contributed by atoms with van der Waals surface area (Å²) in [5.74, 6) is 0. The van der Waals surface area contributed by atoms with Crippen LogP contribution in [0.2, 0.25) is 0 Å². The van der Waals surface area contributed by atoms with Crippen molar-refractivity contribution in [2.24, 2.45) is 10.8 Å². The molecule has 2 N–H and O–H groups in total. The van der Waals surface area contributed by atoms with Gasteiger partial charge < -0.3 is 15.2 Å². The third-order valence-electron chi connectivity index (χ3n) is 5.07. The Morgan fingerprint density at radius 2 is 2.40 bits per heavy atom. The van der Waals surface area contributed by atoms with Crippen LogP contribution in [0.5, 0.6) is 0 Å². The average molecular weight is 211 g/mol. The second kappa shape index (κ2) is 3.19. The molecule has 0 aromatic heterocycles.